The van der Waals surface area contributed by atoms with E-state index in [1.54, 1.807) is 0 Å². The molecule has 0 aliphatic heterocycles. The third-order valence-corrected chi connectivity index (χ3v) is 4.61. The lowest BCUT2D eigenvalue weighted by Crippen LogP contribution is -2.19. The van der Waals surface area contributed by atoms with Crippen LogP contribution in [0.3, 0.4) is 0 Å². The summed E-state index contributed by atoms with van der Waals surface area (Å²) in [5.74, 6) is 0.818. The molecule has 0 radical (unpaired) electrons. The van der Waals surface area contributed by atoms with Crippen LogP contribution in [0.15, 0.2) is 24.3 Å². The summed E-state index contributed by atoms with van der Waals surface area (Å²) in [5.41, 5.74) is 2.83. The van der Waals surface area contributed by atoms with Gasteiger partial charge in [-0.1, -0.05) is 37.1 Å². The van der Waals surface area contributed by atoms with Crippen molar-refractivity contribution < 1.29 is 4.74 Å². The second-order valence-electron chi connectivity index (χ2n) is 6.41. The summed E-state index contributed by atoms with van der Waals surface area (Å²) in [4.78, 5) is 0. The number of benzene rings is 1. The van der Waals surface area contributed by atoms with Crippen molar-refractivity contribution in [1.82, 2.24) is 5.32 Å². The fraction of sp³-hybridized carbons (Fsp3) is 0.667. The van der Waals surface area contributed by atoms with E-state index in [0.29, 0.717) is 0 Å². The van der Waals surface area contributed by atoms with Crippen LogP contribution in [-0.4, -0.2) is 19.2 Å². The van der Waals surface area contributed by atoms with Crippen LogP contribution >= 0.6 is 0 Å². The minimum Gasteiger partial charge on any atom is -0.376 e. The molecule has 2 aliphatic carbocycles. The molecule has 0 unspecified atom stereocenters. The molecule has 2 heteroatoms. The lowest BCUT2D eigenvalue weighted by atomic mass is 10.1. The van der Waals surface area contributed by atoms with E-state index in [9.17, 15) is 0 Å². The van der Waals surface area contributed by atoms with Gasteiger partial charge in [-0.3, -0.25) is 0 Å². The highest BCUT2D eigenvalue weighted by Crippen LogP contribution is 2.25. The molecule has 2 nitrogen and oxygen atoms in total. The van der Waals surface area contributed by atoms with Crippen LogP contribution in [0.5, 0.6) is 0 Å². The van der Waals surface area contributed by atoms with Crippen molar-refractivity contribution in [3.05, 3.63) is 35.4 Å². The number of rotatable bonds is 8. The molecule has 0 atom stereocenters. The lowest BCUT2D eigenvalue weighted by Gasteiger charge is -2.13. The Morgan fingerprint density at radius 2 is 1.75 bits per heavy atom. The highest BCUT2D eigenvalue weighted by molar-refractivity contribution is 5.26. The largest absolute Gasteiger partial charge is 0.376 e. The van der Waals surface area contributed by atoms with Crippen LogP contribution in [0.1, 0.15) is 49.7 Å². The second-order valence-corrected chi connectivity index (χ2v) is 6.41. The van der Waals surface area contributed by atoms with Gasteiger partial charge in [-0.15, -0.1) is 0 Å². The zero-order valence-corrected chi connectivity index (χ0v) is 12.4. The first-order valence-corrected chi connectivity index (χ1v) is 8.30. The predicted octanol–water partition coefficient (Wildman–Crippen LogP) is 3.69. The average molecular weight is 273 g/mol. The van der Waals surface area contributed by atoms with Gasteiger partial charge >= 0.3 is 0 Å². The van der Waals surface area contributed by atoms with Crippen LogP contribution in [0.25, 0.3) is 0 Å². The van der Waals surface area contributed by atoms with Crippen molar-refractivity contribution in [1.29, 1.82) is 0 Å². The van der Waals surface area contributed by atoms with Crippen molar-refractivity contribution in [3.8, 4) is 0 Å². The molecular weight excluding hydrogens is 246 g/mol. The first-order chi connectivity index (χ1) is 9.92. The zero-order chi connectivity index (χ0) is 13.6. The van der Waals surface area contributed by atoms with Gasteiger partial charge in [-0.05, 0) is 55.7 Å². The SMILES string of the molecule is c1ccc(COCC2CCCC2)c(CCNC2CC2)c1. The molecule has 1 aromatic carbocycles. The summed E-state index contributed by atoms with van der Waals surface area (Å²) in [6, 6.07) is 9.56. The fourth-order valence-electron chi connectivity index (χ4n) is 3.15. The van der Waals surface area contributed by atoms with Crippen LogP contribution in [0, 0.1) is 5.92 Å². The number of hydrogen-bond acceptors (Lipinski definition) is 2. The van der Waals surface area contributed by atoms with E-state index in [4.69, 9.17) is 4.74 Å². The van der Waals surface area contributed by atoms with Crippen LogP contribution in [0.4, 0.5) is 0 Å². The van der Waals surface area contributed by atoms with Gasteiger partial charge in [-0.2, -0.15) is 0 Å². The first-order valence-electron chi connectivity index (χ1n) is 8.30. The minimum atomic E-state index is 0.788. The molecule has 110 valence electrons. The van der Waals surface area contributed by atoms with E-state index < -0.39 is 0 Å². The van der Waals surface area contributed by atoms with Gasteiger partial charge in [0.2, 0.25) is 0 Å². The monoisotopic (exact) mass is 273 g/mol. The Balaban J connectivity index is 1.43. The fourth-order valence-corrected chi connectivity index (χ4v) is 3.15. The third-order valence-electron chi connectivity index (χ3n) is 4.61. The first kappa shape index (κ1) is 14.1. The Labute approximate surface area is 122 Å². The van der Waals surface area contributed by atoms with E-state index in [-0.39, 0.29) is 0 Å². The van der Waals surface area contributed by atoms with Gasteiger partial charge in [-0.25, -0.2) is 0 Å². The molecule has 0 aromatic heterocycles. The smallest absolute Gasteiger partial charge is 0.0719 e. The molecule has 1 aromatic rings. The highest BCUT2D eigenvalue weighted by Gasteiger charge is 2.19. The topological polar surface area (TPSA) is 21.3 Å². The van der Waals surface area contributed by atoms with E-state index in [2.05, 4.69) is 29.6 Å². The summed E-state index contributed by atoms with van der Waals surface area (Å²) in [6.45, 7) is 2.84. The van der Waals surface area contributed by atoms with Gasteiger partial charge in [0.05, 0.1) is 6.61 Å². The molecule has 3 rings (SSSR count). The zero-order valence-electron chi connectivity index (χ0n) is 12.4. The Morgan fingerprint density at radius 3 is 2.50 bits per heavy atom. The molecule has 0 saturated heterocycles. The minimum absolute atomic E-state index is 0.788. The van der Waals surface area contributed by atoms with E-state index >= 15 is 0 Å². The van der Waals surface area contributed by atoms with Gasteiger partial charge < -0.3 is 10.1 Å². The molecule has 1 N–H and O–H groups in total. The molecular formula is C18H27NO. The summed E-state index contributed by atoms with van der Waals surface area (Å²) >= 11 is 0. The van der Waals surface area contributed by atoms with Crippen molar-refractivity contribution in [2.75, 3.05) is 13.2 Å². The Morgan fingerprint density at radius 1 is 1.00 bits per heavy atom. The van der Waals surface area contributed by atoms with Crippen molar-refractivity contribution in [2.24, 2.45) is 5.92 Å². The molecule has 2 aliphatic rings. The van der Waals surface area contributed by atoms with Crippen LogP contribution in [0.2, 0.25) is 0 Å². The molecule has 20 heavy (non-hydrogen) atoms. The summed E-state index contributed by atoms with van der Waals surface area (Å²) in [5, 5.41) is 3.59. The molecule has 2 saturated carbocycles. The standard InChI is InChI=1S/C18H27NO/c1-2-6-15(5-1)13-20-14-17-8-4-3-7-16(17)11-12-19-18-9-10-18/h3-4,7-8,15,18-19H,1-2,5-6,9-14H2. The quantitative estimate of drug-likeness (QED) is 0.780. The molecule has 0 heterocycles. The molecule has 0 amide bonds. The van der Waals surface area contributed by atoms with Crippen molar-refractivity contribution in [2.45, 2.75) is 57.6 Å². The number of ether oxygens (including phenoxy) is 1. The summed E-state index contributed by atoms with van der Waals surface area (Å²) < 4.78 is 5.96. The maximum atomic E-state index is 5.96. The molecule has 0 bridgehead atoms. The van der Waals surface area contributed by atoms with Crippen LogP contribution in [-0.2, 0) is 17.8 Å². The predicted molar refractivity (Wildman–Crippen MR) is 82.8 cm³/mol. The maximum absolute atomic E-state index is 5.96. The highest BCUT2D eigenvalue weighted by atomic mass is 16.5. The van der Waals surface area contributed by atoms with Gasteiger partial charge in [0, 0.05) is 12.6 Å². The van der Waals surface area contributed by atoms with Gasteiger partial charge in [0.25, 0.3) is 0 Å². The van der Waals surface area contributed by atoms with Gasteiger partial charge in [0.1, 0.15) is 0 Å². The maximum Gasteiger partial charge on any atom is 0.0719 e. The van der Waals surface area contributed by atoms with E-state index in [0.717, 1.165) is 38.1 Å². The Hall–Kier alpha value is -0.860. The third kappa shape index (κ3) is 4.32. The number of nitrogens with one attached hydrogen (secondary N) is 1. The van der Waals surface area contributed by atoms with E-state index in [1.165, 1.54) is 49.7 Å². The van der Waals surface area contributed by atoms with E-state index in [1.807, 2.05) is 0 Å². The van der Waals surface area contributed by atoms with Crippen molar-refractivity contribution >= 4 is 0 Å². The normalized spacial score (nSPS) is 19.6. The average Bonchev–Trinajstić information content (AvgIpc) is 3.15. The molecule has 0 spiro atoms. The summed E-state index contributed by atoms with van der Waals surface area (Å²) in [6.07, 6.45) is 9.40. The summed E-state index contributed by atoms with van der Waals surface area (Å²) in [7, 11) is 0. The van der Waals surface area contributed by atoms with Crippen molar-refractivity contribution in [3.63, 3.8) is 0 Å². The molecule has 2 fully saturated rings. The number of hydrogen-bond donors (Lipinski definition) is 1. The van der Waals surface area contributed by atoms with Gasteiger partial charge in [0.15, 0.2) is 0 Å². The Kier molecular flexibility index (Phi) is 5.10. The second kappa shape index (κ2) is 7.24. The Bertz CT molecular complexity index is 408. The lowest BCUT2D eigenvalue weighted by molar-refractivity contribution is 0.0884. The van der Waals surface area contributed by atoms with Crippen LogP contribution < -0.4 is 5.32 Å².